The van der Waals surface area contributed by atoms with E-state index in [0.29, 0.717) is 23.9 Å². The van der Waals surface area contributed by atoms with E-state index in [0.717, 1.165) is 64.2 Å². The number of hydrogen-bond donors (Lipinski definition) is 2. The Hall–Kier alpha value is -1.28. The van der Waals surface area contributed by atoms with Crippen LogP contribution in [0.15, 0.2) is 36.5 Å². The number of quaternary nitrogens is 1. The third-order valence-corrected chi connectivity index (χ3v) is 9.35. The van der Waals surface area contributed by atoms with Gasteiger partial charge >= 0.3 is 0 Å². The van der Waals surface area contributed by atoms with E-state index < -0.39 is 20.0 Å². The lowest BCUT2D eigenvalue weighted by atomic mass is 10.0. The largest absolute Gasteiger partial charge is 0.756 e. The average molecular weight is 699 g/mol. The number of phosphoric acid groups is 1. The Balaban J connectivity index is 4.33. The first-order chi connectivity index (χ1) is 23.0. The second-order valence-corrected chi connectivity index (χ2v) is 15.7. The summed E-state index contributed by atoms with van der Waals surface area (Å²) in [5.74, 6) is -0.184. The zero-order valence-corrected chi connectivity index (χ0v) is 32.6. The molecule has 0 aromatic carbocycles. The van der Waals surface area contributed by atoms with Crippen molar-refractivity contribution in [2.24, 2.45) is 0 Å². The maximum Gasteiger partial charge on any atom is 0.268 e. The number of nitrogens with one attached hydrogen (secondary N) is 1. The molecule has 1 amide bonds. The topological polar surface area (TPSA) is 108 Å². The van der Waals surface area contributed by atoms with Crippen molar-refractivity contribution in [1.82, 2.24) is 5.32 Å². The first-order valence-electron chi connectivity index (χ1n) is 19.3. The molecule has 9 heteroatoms. The molecule has 0 aliphatic heterocycles. The van der Waals surface area contributed by atoms with Crippen LogP contribution in [0.1, 0.15) is 155 Å². The highest BCUT2D eigenvalue weighted by molar-refractivity contribution is 7.45. The number of aliphatic hydroxyl groups is 1. The molecule has 0 bridgehead atoms. The van der Waals surface area contributed by atoms with Gasteiger partial charge in [-0.25, -0.2) is 0 Å². The van der Waals surface area contributed by atoms with Crippen LogP contribution >= 0.6 is 7.82 Å². The van der Waals surface area contributed by atoms with Gasteiger partial charge in [0.1, 0.15) is 13.2 Å². The van der Waals surface area contributed by atoms with Crippen molar-refractivity contribution in [1.29, 1.82) is 0 Å². The number of rotatable bonds is 34. The van der Waals surface area contributed by atoms with Crippen LogP contribution in [-0.2, 0) is 18.4 Å². The molecule has 0 aliphatic carbocycles. The van der Waals surface area contributed by atoms with Gasteiger partial charge in [-0.2, -0.15) is 0 Å². The minimum absolute atomic E-state index is 0.00770. The first kappa shape index (κ1) is 46.7. The molecule has 0 spiro atoms. The van der Waals surface area contributed by atoms with Crippen LogP contribution in [0.4, 0.5) is 0 Å². The predicted molar refractivity (Wildman–Crippen MR) is 201 cm³/mol. The molecule has 0 aromatic rings. The Labute approximate surface area is 296 Å². The van der Waals surface area contributed by atoms with Crippen LogP contribution in [-0.4, -0.2) is 68.5 Å². The third-order valence-electron chi connectivity index (χ3n) is 8.38. The molecule has 3 atom stereocenters. The molecule has 0 heterocycles. The Morgan fingerprint density at radius 1 is 0.729 bits per heavy atom. The lowest BCUT2D eigenvalue weighted by Crippen LogP contribution is -2.46. The van der Waals surface area contributed by atoms with Gasteiger partial charge in [0.15, 0.2) is 0 Å². The number of aliphatic hydroxyl groups excluding tert-OH is 1. The lowest BCUT2D eigenvalue weighted by Gasteiger charge is -2.30. The number of nitrogens with zero attached hydrogens (tertiary/aromatic N) is 1. The van der Waals surface area contributed by atoms with Crippen molar-refractivity contribution in [3.05, 3.63) is 36.5 Å². The van der Waals surface area contributed by atoms with Gasteiger partial charge in [0.2, 0.25) is 5.91 Å². The van der Waals surface area contributed by atoms with Crippen molar-refractivity contribution < 1.29 is 32.9 Å². The van der Waals surface area contributed by atoms with Crippen molar-refractivity contribution in [3.8, 4) is 0 Å². The predicted octanol–water partition coefficient (Wildman–Crippen LogP) is 9.33. The first-order valence-corrected chi connectivity index (χ1v) is 20.8. The van der Waals surface area contributed by atoms with Gasteiger partial charge in [0.05, 0.1) is 39.9 Å². The fourth-order valence-corrected chi connectivity index (χ4v) is 5.94. The summed E-state index contributed by atoms with van der Waals surface area (Å²) >= 11 is 0. The second kappa shape index (κ2) is 31.7. The number of allylic oxidation sites excluding steroid dienone is 6. The number of unbranched alkanes of at least 4 members (excludes halogenated alkanes) is 15. The Bertz CT molecular complexity index is 886. The highest BCUT2D eigenvalue weighted by Gasteiger charge is 2.24. The molecule has 0 saturated heterocycles. The molecule has 48 heavy (non-hydrogen) atoms. The van der Waals surface area contributed by atoms with Crippen molar-refractivity contribution in [2.75, 3.05) is 40.9 Å². The Morgan fingerprint density at radius 3 is 1.79 bits per heavy atom. The van der Waals surface area contributed by atoms with Crippen LogP contribution in [0, 0.1) is 0 Å². The standard InChI is InChI=1S/C39H75N2O6P/c1-6-8-10-12-14-15-16-17-18-19-20-21-22-23-24-25-27-29-31-33-39(43)40-37(38(42)32-30-28-26-13-11-9-7-2)36-47-48(44,45)46-35-34-41(3,4)5/h14-15,17-18,20-21,37-38,42H,6-13,16,19,22-36H2,1-5H3,(H-,40,43,44,45)/b15-14-,18-17-,21-20-. The van der Waals surface area contributed by atoms with E-state index >= 15 is 0 Å². The monoisotopic (exact) mass is 699 g/mol. The molecule has 8 nitrogen and oxygen atoms in total. The van der Waals surface area contributed by atoms with Crippen LogP contribution in [0.3, 0.4) is 0 Å². The number of carbonyl (C=O) groups is 1. The number of hydrogen-bond acceptors (Lipinski definition) is 6. The Kier molecular flexibility index (Phi) is 30.8. The molecular weight excluding hydrogens is 623 g/mol. The van der Waals surface area contributed by atoms with Crippen molar-refractivity contribution in [3.63, 3.8) is 0 Å². The van der Waals surface area contributed by atoms with E-state index in [4.69, 9.17) is 9.05 Å². The van der Waals surface area contributed by atoms with Crippen LogP contribution in [0.5, 0.6) is 0 Å². The molecule has 0 fully saturated rings. The molecule has 0 radical (unpaired) electrons. The van der Waals surface area contributed by atoms with Gasteiger partial charge in [-0.05, 0) is 51.4 Å². The summed E-state index contributed by atoms with van der Waals surface area (Å²) < 4.78 is 23.1. The van der Waals surface area contributed by atoms with Gasteiger partial charge in [0, 0.05) is 6.42 Å². The van der Waals surface area contributed by atoms with Crippen LogP contribution in [0.2, 0.25) is 0 Å². The molecule has 0 aromatic heterocycles. The summed E-state index contributed by atoms with van der Waals surface area (Å²) in [6, 6.07) is -0.803. The molecule has 0 aliphatic rings. The summed E-state index contributed by atoms with van der Waals surface area (Å²) in [6.07, 6.45) is 35.9. The highest BCUT2D eigenvalue weighted by atomic mass is 31.2. The molecular formula is C39H75N2O6P. The zero-order valence-electron chi connectivity index (χ0n) is 31.7. The fourth-order valence-electron chi connectivity index (χ4n) is 5.22. The summed E-state index contributed by atoms with van der Waals surface area (Å²) in [5, 5.41) is 13.7. The summed E-state index contributed by atoms with van der Waals surface area (Å²) in [6.45, 7) is 4.60. The molecule has 0 saturated carbocycles. The second-order valence-electron chi connectivity index (χ2n) is 14.3. The number of amides is 1. The SMILES string of the molecule is CCCCC/C=C\C/C=C\C/C=C\CCCCCCCCC(=O)NC(COP(=O)([O-])OCC[N+](C)(C)C)C(O)CCCCCCCCC. The number of carbonyl (C=O) groups excluding carboxylic acids is 1. The van der Waals surface area contributed by atoms with Gasteiger partial charge in [-0.15, -0.1) is 0 Å². The third kappa shape index (κ3) is 33.2. The minimum atomic E-state index is -4.55. The van der Waals surface area contributed by atoms with E-state index in [9.17, 15) is 19.4 Å². The van der Waals surface area contributed by atoms with Gasteiger partial charge < -0.3 is 28.8 Å². The molecule has 3 unspecified atom stereocenters. The van der Waals surface area contributed by atoms with Crippen LogP contribution in [0.25, 0.3) is 0 Å². The summed E-state index contributed by atoms with van der Waals surface area (Å²) in [7, 11) is 1.28. The summed E-state index contributed by atoms with van der Waals surface area (Å²) in [4.78, 5) is 25.1. The maximum absolute atomic E-state index is 12.7. The smallest absolute Gasteiger partial charge is 0.268 e. The van der Waals surface area contributed by atoms with E-state index in [1.165, 1.54) is 64.2 Å². The molecule has 2 N–H and O–H groups in total. The molecule has 0 rings (SSSR count). The van der Waals surface area contributed by atoms with E-state index in [1.54, 1.807) is 0 Å². The van der Waals surface area contributed by atoms with Crippen molar-refractivity contribution in [2.45, 2.75) is 167 Å². The fraction of sp³-hybridized carbons (Fsp3) is 0.821. The minimum Gasteiger partial charge on any atom is -0.756 e. The van der Waals surface area contributed by atoms with Crippen molar-refractivity contribution >= 4 is 13.7 Å². The number of phosphoric ester groups is 1. The van der Waals surface area contributed by atoms with E-state index in [2.05, 4.69) is 55.6 Å². The average Bonchev–Trinajstić information content (AvgIpc) is 3.02. The van der Waals surface area contributed by atoms with Gasteiger partial charge in [0.25, 0.3) is 7.82 Å². The normalized spacial score (nSPS) is 15.1. The molecule has 282 valence electrons. The quantitative estimate of drug-likeness (QED) is 0.0300. The zero-order chi connectivity index (χ0) is 35.8. The van der Waals surface area contributed by atoms with Gasteiger partial charge in [-0.1, -0.05) is 134 Å². The van der Waals surface area contributed by atoms with Crippen LogP contribution < -0.4 is 10.2 Å². The maximum atomic E-state index is 12.7. The van der Waals surface area contributed by atoms with E-state index in [-0.39, 0.29) is 19.1 Å². The lowest BCUT2D eigenvalue weighted by molar-refractivity contribution is -0.870. The summed E-state index contributed by atoms with van der Waals surface area (Å²) in [5.41, 5.74) is 0. The van der Waals surface area contributed by atoms with E-state index in [1.807, 2.05) is 21.1 Å². The highest BCUT2D eigenvalue weighted by Crippen LogP contribution is 2.38. The number of likely N-dealkylation sites (N-methyl/N-ethyl adjacent to an activating group) is 1. The Morgan fingerprint density at radius 2 is 1.21 bits per heavy atom. The van der Waals surface area contributed by atoms with Gasteiger partial charge in [-0.3, -0.25) is 9.36 Å².